The van der Waals surface area contributed by atoms with Gasteiger partial charge in [-0.3, -0.25) is 9.78 Å². The van der Waals surface area contributed by atoms with Crippen molar-refractivity contribution in [2.24, 2.45) is 0 Å². The van der Waals surface area contributed by atoms with Crippen molar-refractivity contribution >= 4 is 23.3 Å². The van der Waals surface area contributed by atoms with Crippen molar-refractivity contribution in [1.29, 1.82) is 0 Å². The second-order valence-electron chi connectivity index (χ2n) is 6.68. The van der Waals surface area contributed by atoms with Gasteiger partial charge in [0.2, 0.25) is 0 Å². The fourth-order valence-electron chi connectivity index (χ4n) is 2.88. The van der Waals surface area contributed by atoms with E-state index in [0.29, 0.717) is 11.3 Å². The van der Waals surface area contributed by atoms with Crippen LogP contribution in [-0.2, 0) is 11.3 Å². The van der Waals surface area contributed by atoms with Gasteiger partial charge in [0.05, 0.1) is 24.1 Å². The van der Waals surface area contributed by atoms with Crippen LogP contribution in [0.3, 0.4) is 0 Å². The number of anilines is 2. The first-order valence-corrected chi connectivity index (χ1v) is 8.21. The van der Waals surface area contributed by atoms with Crippen LogP contribution in [0.5, 0.6) is 5.75 Å². The third-order valence-electron chi connectivity index (χ3n) is 4.43. The normalized spacial score (nSPS) is 16.6. The Balaban J connectivity index is 1.88. The lowest BCUT2D eigenvalue weighted by Crippen LogP contribution is -2.43. The molecule has 0 saturated carbocycles. The molecular weight excluding hydrogens is 377 g/mol. The average Bonchev–Trinajstić information content (AvgIpc) is 2.76. The van der Waals surface area contributed by atoms with Gasteiger partial charge in [-0.05, 0) is 49.7 Å². The van der Waals surface area contributed by atoms with E-state index in [1.54, 1.807) is 19.9 Å². The van der Waals surface area contributed by atoms with Crippen molar-refractivity contribution in [3.8, 4) is 5.75 Å². The summed E-state index contributed by atoms with van der Waals surface area (Å²) in [6.45, 7) is 3.26. The fraction of sp³-hybridized carbons (Fsp3) is 0.278. The molecule has 1 aromatic carbocycles. The van der Waals surface area contributed by atoms with Gasteiger partial charge in [0, 0.05) is 6.20 Å². The van der Waals surface area contributed by atoms with Crippen LogP contribution >= 0.6 is 0 Å². The number of carbonyl (C=O) groups is 2. The molecule has 2 heterocycles. The summed E-state index contributed by atoms with van der Waals surface area (Å²) in [5.74, 6) is -0.953. The summed E-state index contributed by atoms with van der Waals surface area (Å²) in [6.07, 6.45) is -1.86. The highest BCUT2D eigenvalue weighted by molar-refractivity contribution is 6.22. The van der Waals surface area contributed by atoms with Crippen LogP contribution in [0.1, 0.15) is 19.4 Å². The summed E-state index contributed by atoms with van der Waals surface area (Å²) in [4.78, 5) is 31.9. The van der Waals surface area contributed by atoms with Crippen LogP contribution in [0.15, 0.2) is 42.7 Å². The number of hydrogen-bond acceptors (Lipinski definition) is 5. The molecule has 28 heavy (non-hydrogen) atoms. The van der Waals surface area contributed by atoms with Crippen LogP contribution in [0.2, 0.25) is 0 Å². The molecule has 1 saturated heterocycles. The molecule has 2 N–H and O–H groups in total. The number of carbonyl (C=O) groups excluding carboxylic acids is 2. The molecule has 1 fully saturated rings. The van der Waals surface area contributed by atoms with E-state index in [0.717, 1.165) is 17.0 Å². The number of pyridine rings is 1. The Hall–Kier alpha value is -3.30. The number of hydrogen-bond donors (Lipinski definition) is 1. The molecule has 1 aromatic heterocycles. The van der Waals surface area contributed by atoms with E-state index in [2.05, 4.69) is 9.72 Å². The van der Waals surface area contributed by atoms with Gasteiger partial charge >= 0.3 is 12.4 Å². The van der Waals surface area contributed by atoms with Crippen molar-refractivity contribution in [1.82, 2.24) is 9.88 Å². The molecular formula is C18H17F3N4O3. The van der Waals surface area contributed by atoms with Gasteiger partial charge in [0.25, 0.3) is 5.91 Å². The van der Waals surface area contributed by atoms with Gasteiger partial charge in [-0.15, -0.1) is 13.2 Å². The molecule has 148 valence electrons. The van der Waals surface area contributed by atoms with Gasteiger partial charge in [-0.2, -0.15) is 0 Å². The minimum absolute atomic E-state index is 0.0810. The van der Waals surface area contributed by atoms with Crippen molar-refractivity contribution in [3.05, 3.63) is 48.3 Å². The third kappa shape index (κ3) is 3.57. The maximum atomic E-state index is 12.9. The SMILES string of the molecule is CC1(C)C(=O)N(c2ccc(OC(F)(F)F)cc2)C(=O)N1Cc1ccncc1N. The lowest BCUT2D eigenvalue weighted by Gasteiger charge is -2.28. The van der Waals surface area contributed by atoms with Crippen molar-refractivity contribution in [2.45, 2.75) is 32.3 Å². The molecule has 0 radical (unpaired) electrons. The van der Waals surface area contributed by atoms with Gasteiger partial charge in [-0.1, -0.05) is 0 Å². The number of nitrogen functional groups attached to an aromatic ring is 1. The third-order valence-corrected chi connectivity index (χ3v) is 4.43. The number of ether oxygens (including phenoxy) is 1. The summed E-state index contributed by atoms with van der Waals surface area (Å²) in [5.41, 5.74) is 5.85. The minimum Gasteiger partial charge on any atom is -0.406 e. The molecule has 7 nitrogen and oxygen atoms in total. The summed E-state index contributed by atoms with van der Waals surface area (Å²) in [5, 5.41) is 0. The molecule has 3 amide bonds. The van der Waals surface area contributed by atoms with Crippen LogP contribution in [0.25, 0.3) is 0 Å². The van der Waals surface area contributed by atoms with Crippen molar-refractivity contribution in [2.75, 3.05) is 10.6 Å². The van der Waals surface area contributed by atoms with E-state index < -0.39 is 29.6 Å². The largest absolute Gasteiger partial charge is 0.573 e. The average molecular weight is 394 g/mol. The van der Waals surface area contributed by atoms with E-state index in [-0.39, 0.29) is 12.2 Å². The zero-order valence-corrected chi connectivity index (χ0v) is 15.0. The Morgan fingerprint density at radius 1 is 1.14 bits per heavy atom. The topological polar surface area (TPSA) is 88.8 Å². The molecule has 0 aliphatic carbocycles. The number of nitrogens with zero attached hydrogens (tertiary/aromatic N) is 3. The summed E-state index contributed by atoms with van der Waals surface area (Å²) < 4.78 is 40.7. The molecule has 0 bridgehead atoms. The smallest absolute Gasteiger partial charge is 0.406 e. The molecule has 1 aliphatic rings. The Kier molecular flexibility index (Phi) is 4.66. The van der Waals surface area contributed by atoms with Crippen LogP contribution < -0.4 is 15.4 Å². The summed E-state index contributed by atoms with van der Waals surface area (Å²) in [6, 6.07) is 5.57. The number of rotatable bonds is 4. The number of urea groups is 1. The van der Waals surface area contributed by atoms with E-state index in [1.807, 2.05) is 0 Å². The van der Waals surface area contributed by atoms with Crippen LogP contribution in [0.4, 0.5) is 29.3 Å². The Morgan fingerprint density at radius 3 is 2.36 bits per heavy atom. The standard InChI is InChI=1S/C18H17F3N4O3/c1-17(2)15(26)25(12-3-5-13(6-4-12)28-18(19,20)21)16(27)24(17)10-11-7-8-23-9-14(11)22/h3-9H,10,22H2,1-2H3. The number of imide groups is 1. The first-order chi connectivity index (χ1) is 13.0. The molecule has 0 spiro atoms. The molecule has 3 rings (SSSR count). The predicted octanol–water partition coefficient (Wildman–Crippen LogP) is 3.31. The van der Waals surface area contributed by atoms with Crippen LogP contribution in [0, 0.1) is 0 Å². The minimum atomic E-state index is -4.83. The number of halogens is 3. The summed E-state index contributed by atoms with van der Waals surface area (Å²) >= 11 is 0. The van der Waals surface area contributed by atoms with E-state index >= 15 is 0 Å². The quantitative estimate of drug-likeness (QED) is 0.804. The lowest BCUT2D eigenvalue weighted by atomic mass is 10.0. The maximum absolute atomic E-state index is 12.9. The highest BCUT2D eigenvalue weighted by Gasteiger charge is 2.51. The monoisotopic (exact) mass is 394 g/mol. The highest BCUT2D eigenvalue weighted by Crippen LogP contribution is 2.35. The Bertz CT molecular complexity index is 913. The second kappa shape index (κ2) is 6.70. The molecule has 0 unspecified atom stereocenters. The lowest BCUT2D eigenvalue weighted by molar-refractivity contribution is -0.274. The fourth-order valence-corrected chi connectivity index (χ4v) is 2.88. The van der Waals surface area contributed by atoms with Crippen molar-refractivity contribution < 1.29 is 27.5 Å². The van der Waals surface area contributed by atoms with E-state index in [1.165, 1.54) is 29.4 Å². The van der Waals surface area contributed by atoms with Crippen molar-refractivity contribution in [3.63, 3.8) is 0 Å². The molecule has 2 aromatic rings. The van der Waals surface area contributed by atoms with Gasteiger partial charge in [0.15, 0.2) is 0 Å². The Labute approximate surface area is 158 Å². The van der Waals surface area contributed by atoms with Crippen LogP contribution in [-0.4, -0.2) is 33.7 Å². The van der Waals surface area contributed by atoms with Gasteiger partial charge in [0.1, 0.15) is 11.3 Å². The number of nitrogens with two attached hydrogens (primary N) is 1. The van der Waals surface area contributed by atoms with E-state index in [9.17, 15) is 22.8 Å². The Morgan fingerprint density at radius 2 is 1.79 bits per heavy atom. The first kappa shape index (κ1) is 19.5. The van der Waals surface area contributed by atoms with E-state index in [4.69, 9.17) is 5.73 Å². The number of alkyl halides is 3. The first-order valence-electron chi connectivity index (χ1n) is 8.21. The number of amides is 3. The molecule has 0 atom stereocenters. The zero-order chi connectivity index (χ0) is 20.7. The number of aromatic nitrogens is 1. The second-order valence-corrected chi connectivity index (χ2v) is 6.68. The maximum Gasteiger partial charge on any atom is 0.573 e. The molecule has 1 aliphatic heterocycles. The number of benzene rings is 1. The summed E-state index contributed by atoms with van der Waals surface area (Å²) in [7, 11) is 0. The predicted molar refractivity (Wildman–Crippen MR) is 94.3 cm³/mol. The van der Waals surface area contributed by atoms with Gasteiger partial charge < -0.3 is 15.4 Å². The zero-order valence-electron chi connectivity index (χ0n) is 15.0. The molecule has 10 heteroatoms. The van der Waals surface area contributed by atoms with Gasteiger partial charge in [-0.25, -0.2) is 9.69 Å². The highest BCUT2D eigenvalue weighted by atomic mass is 19.4.